The molecule has 0 bridgehead atoms. The van der Waals surface area contributed by atoms with Crippen LogP contribution in [0.1, 0.15) is 32.4 Å². The molecule has 0 aliphatic carbocycles. The lowest BCUT2D eigenvalue weighted by molar-refractivity contribution is 0.310. The van der Waals surface area contributed by atoms with Crippen LogP contribution < -0.4 is 10.6 Å². The molecule has 2 heterocycles. The van der Waals surface area contributed by atoms with Crippen LogP contribution in [0, 0.1) is 11.8 Å². The van der Waals surface area contributed by atoms with Gasteiger partial charge in [0.25, 0.3) is 0 Å². The van der Waals surface area contributed by atoms with Gasteiger partial charge in [-0.1, -0.05) is 13.8 Å². The van der Waals surface area contributed by atoms with Crippen LogP contribution in [0.5, 0.6) is 0 Å². The van der Waals surface area contributed by atoms with Gasteiger partial charge in [0.15, 0.2) is 0 Å². The number of nitrogens with two attached hydrogens (primary N) is 1. The van der Waals surface area contributed by atoms with Crippen LogP contribution in [0.3, 0.4) is 0 Å². The third-order valence-corrected chi connectivity index (χ3v) is 3.69. The van der Waals surface area contributed by atoms with Crippen molar-refractivity contribution in [3.8, 4) is 0 Å². The van der Waals surface area contributed by atoms with Crippen molar-refractivity contribution in [3.05, 3.63) is 18.1 Å². The first-order chi connectivity index (χ1) is 8.20. The molecule has 4 heteroatoms. The lowest BCUT2D eigenvalue weighted by atomic mass is 9.87. The number of hydrogen-bond donors (Lipinski definition) is 1. The highest BCUT2D eigenvalue weighted by molar-refractivity contribution is 5.36. The Morgan fingerprint density at radius 3 is 2.65 bits per heavy atom. The highest BCUT2D eigenvalue weighted by Gasteiger charge is 2.22. The molecule has 0 aromatic carbocycles. The second-order valence-corrected chi connectivity index (χ2v) is 5.14. The van der Waals surface area contributed by atoms with Gasteiger partial charge in [0.1, 0.15) is 5.82 Å². The average molecular weight is 234 g/mol. The minimum absolute atomic E-state index is 0.462. The summed E-state index contributed by atoms with van der Waals surface area (Å²) >= 11 is 0. The van der Waals surface area contributed by atoms with E-state index in [1.807, 2.05) is 6.20 Å². The molecular formula is C13H22N4. The van der Waals surface area contributed by atoms with Crippen molar-refractivity contribution in [1.82, 2.24) is 9.97 Å². The molecule has 0 amide bonds. The third kappa shape index (κ3) is 2.94. The standard InChI is InChI=1S/C13H22N4/c1-10(2)11-3-5-17(6-4-11)13-9-15-8-12(7-14)16-13/h8-11H,3-7,14H2,1-2H3. The Bertz CT molecular complexity index is 356. The van der Waals surface area contributed by atoms with E-state index >= 15 is 0 Å². The summed E-state index contributed by atoms with van der Waals surface area (Å²) in [6, 6.07) is 0. The molecule has 1 saturated heterocycles. The summed E-state index contributed by atoms with van der Waals surface area (Å²) in [4.78, 5) is 11.0. The molecule has 0 atom stereocenters. The number of hydrogen-bond acceptors (Lipinski definition) is 4. The summed E-state index contributed by atoms with van der Waals surface area (Å²) in [6.07, 6.45) is 6.09. The van der Waals surface area contributed by atoms with E-state index in [1.54, 1.807) is 6.20 Å². The lowest BCUT2D eigenvalue weighted by Crippen LogP contribution is -2.36. The molecule has 1 aromatic heterocycles. The number of aromatic nitrogens is 2. The first-order valence-electron chi connectivity index (χ1n) is 6.46. The number of piperidine rings is 1. The molecule has 17 heavy (non-hydrogen) atoms. The molecule has 1 aliphatic heterocycles. The van der Waals surface area contributed by atoms with Gasteiger partial charge >= 0.3 is 0 Å². The quantitative estimate of drug-likeness (QED) is 0.866. The Kier molecular flexibility index (Phi) is 3.94. The van der Waals surface area contributed by atoms with Crippen LogP contribution in [0.15, 0.2) is 12.4 Å². The van der Waals surface area contributed by atoms with Crippen LogP contribution in [-0.2, 0) is 6.54 Å². The van der Waals surface area contributed by atoms with Crippen molar-refractivity contribution in [3.63, 3.8) is 0 Å². The van der Waals surface area contributed by atoms with Gasteiger partial charge in [0.2, 0.25) is 0 Å². The summed E-state index contributed by atoms with van der Waals surface area (Å²) in [7, 11) is 0. The van der Waals surface area contributed by atoms with Crippen molar-refractivity contribution < 1.29 is 0 Å². The zero-order valence-corrected chi connectivity index (χ0v) is 10.8. The van der Waals surface area contributed by atoms with Gasteiger partial charge in [0, 0.05) is 25.8 Å². The molecule has 1 aliphatic rings. The van der Waals surface area contributed by atoms with Crippen molar-refractivity contribution in [2.24, 2.45) is 17.6 Å². The van der Waals surface area contributed by atoms with Gasteiger partial charge in [-0.05, 0) is 24.7 Å². The fourth-order valence-electron chi connectivity index (χ4n) is 2.44. The second-order valence-electron chi connectivity index (χ2n) is 5.14. The zero-order valence-electron chi connectivity index (χ0n) is 10.8. The topological polar surface area (TPSA) is 55.0 Å². The van der Waals surface area contributed by atoms with E-state index in [1.165, 1.54) is 12.8 Å². The van der Waals surface area contributed by atoms with E-state index in [0.29, 0.717) is 6.54 Å². The van der Waals surface area contributed by atoms with Crippen LogP contribution in [0.4, 0.5) is 5.82 Å². The summed E-state index contributed by atoms with van der Waals surface area (Å²) in [5.74, 6) is 2.63. The van der Waals surface area contributed by atoms with E-state index in [4.69, 9.17) is 5.73 Å². The lowest BCUT2D eigenvalue weighted by Gasteiger charge is -2.34. The first kappa shape index (κ1) is 12.3. The minimum Gasteiger partial charge on any atom is -0.355 e. The van der Waals surface area contributed by atoms with Crippen LogP contribution in [-0.4, -0.2) is 23.1 Å². The largest absolute Gasteiger partial charge is 0.355 e. The Morgan fingerprint density at radius 2 is 2.06 bits per heavy atom. The summed E-state index contributed by atoms with van der Waals surface area (Å²) in [5, 5.41) is 0. The summed E-state index contributed by atoms with van der Waals surface area (Å²) < 4.78 is 0. The maximum atomic E-state index is 5.59. The molecule has 2 rings (SSSR count). The third-order valence-electron chi connectivity index (χ3n) is 3.69. The molecule has 0 saturated carbocycles. The molecule has 0 spiro atoms. The Hall–Kier alpha value is -1.16. The highest BCUT2D eigenvalue weighted by atomic mass is 15.2. The molecular weight excluding hydrogens is 212 g/mol. The van der Waals surface area contributed by atoms with Crippen LogP contribution >= 0.6 is 0 Å². The van der Waals surface area contributed by atoms with Gasteiger partial charge in [-0.2, -0.15) is 0 Å². The predicted octanol–water partition coefficient (Wildman–Crippen LogP) is 1.81. The first-order valence-corrected chi connectivity index (χ1v) is 6.46. The minimum atomic E-state index is 0.462. The van der Waals surface area contributed by atoms with E-state index in [9.17, 15) is 0 Å². The summed E-state index contributed by atoms with van der Waals surface area (Å²) in [6.45, 7) is 7.27. The molecule has 0 unspecified atom stereocenters. The van der Waals surface area contributed by atoms with Crippen LogP contribution in [0.2, 0.25) is 0 Å². The van der Waals surface area contributed by atoms with Gasteiger partial charge in [0.05, 0.1) is 11.9 Å². The van der Waals surface area contributed by atoms with Gasteiger partial charge < -0.3 is 10.6 Å². The number of rotatable bonds is 3. The van der Waals surface area contributed by atoms with E-state index in [-0.39, 0.29) is 0 Å². The van der Waals surface area contributed by atoms with Crippen molar-refractivity contribution in [2.45, 2.75) is 33.2 Å². The monoisotopic (exact) mass is 234 g/mol. The molecule has 0 radical (unpaired) electrons. The Morgan fingerprint density at radius 1 is 1.35 bits per heavy atom. The molecule has 4 nitrogen and oxygen atoms in total. The van der Waals surface area contributed by atoms with Gasteiger partial charge in [-0.3, -0.25) is 4.98 Å². The Balaban J connectivity index is 2.00. The van der Waals surface area contributed by atoms with E-state index in [0.717, 1.165) is 36.4 Å². The second kappa shape index (κ2) is 5.45. The number of nitrogens with zero attached hydrogens (tertiary/aromatic N) is 3. The molecule has 2 N–H and O–H groups in total. The molecule has 94 valence electrons. The van der Waals surface area contributed by atoms with Crippen molar-refractivity contribution >= 4 is 5.82 Å². The zero-order chi connectivity index (χ0) is 12.3. The maximum Gasteiger partial charge on any atom is 0.147 e. The van der Waals surface area contributed by atoms with Gasteiger partial charge in [-0.25, -0.2) is 4.98 Å². The van der Waals surface area contributed by atoms with Crippen molar-refractivity contribution in [2.75, 3.05) is 18.0 Å². The molecule has 1 fully saturated rings. The predicted molar refractivity (Wildman–Crippen MR) is 69.7 cm³/mol. The fourth-order valence-corrected chi connectivity index (χ4v) is 2.44. The van der Waals surface area contributed by atoms with Crippen LogP contribution in [0.25, 0.3) is 0 Å². The average Bonchev–Trinajstić information content (AvgIpc) is 2.39. The van der Waals surface area contributed by atoms with E-state index in [2.05, 4.69) is 28.7 Å². The molecule has 1 aromatic rings. The SMILES string of the molecule is CC(C)C1CCN(c2cncc(CN)n2)CC1. The number of anilines is 1. The highest BCUT2D eigenvalue weighted by Crippen LogP contribution is 2.26. The van der Waals surface area contributed by atoms with Crippen molar-refractivity contribution in [1.29, 1.82) is 0 Å². The normalized spacial score (nSPS) is 17.8. The Labute approximate surface area is 103 Å². The maximum absolute atomic E-state index is 5.59. The van der Waals surface area contributed by atoms with Gasteiger partial charge in [-0.15, -0.1) is 0 Å². The smallest absolute Gasteiger partial charge is 0.147 e. The van der Waals surface area contributed by atoms with E-state index < -0.39 is 0 Å². The fraction of sp³-hybridized carbons (Fsp3) is 0.692. The summed E-state index contributed by atoms with van der Waals surface area (Å²) in [5.41, 5.74) is 6.46.